The van der Waals surface area contributed by atoms with Gasteiger partial charge in [0.2, 0.25) is 5.91 Å². The fourth-order valence-corrected chi connectivity index (χ4v) is 3.81. The van der Waals surface area contributed by atoms with Gasteiger partial charge in [-0.25, -0.2) is 4.79 Å². The highest BCUT2D eigenvalue weighted by atomic mass is 16.2. The number of hydrogen-bond donors (Lipinski definition) is 1. The first-order valence-electron chi connectivity index (χ1n) is 10.8. The Hall–Kier alpha value is -2.82. The molecule has 1 atom stereocenters. The molecule has 2 aliphatic carbocycles. The zero-order valence-corrected chi connectivity index (χ0v) is 18.2. The van der Waals surface area contributed by atoms with Crippen molar-refractivity contribution < 1.29 is 14.2 Å². The molecule has 0 saturated heterocycles. The molecule has 30 heavy (non-hydrogen) atoms. The zero-order chi connectivity index (χ0) is 21.5. The quantitative estimate of drug-likeness (QED) is 0.757. The van der Waals surface area contributed by atoms with Crippen LogP contribution in [0.25, 0.3) is 0 Å². The number of fused-ring (bicyclic) bond motifs is 1. The summed E-state index contributed by atoms with van der Waals surface area (Å²) in [6.07, 6.45) is 8.10. The van der Waals surface area contributed by atoms with Crippen molar-refractivity contribution in [1.29, 1.82) is 0 Å². The number of nitrogens with one attached hydrogen (secondary N) is 1. The number of hydrogen-bond acceptors (Lipinski definition) is 3. The van der Waals surface area contributed by atoms with Gasteiger partial charge in [0, 0.05) is 12.1 Å². The lowest BCUT2D eigenvalue weighted by atomic mass is 9.86. The minimum absolute atomic E-state index is 0.0365. The summed E-state index contributed by atoms with van der Waals surface area (Å²) in [6, 6.07) is 8.52. The van der Waals surface area contributed by atoms with Crippen molar-refractivity contribution in [3.63, 3.8) is 0 Å². The van der Waals surface area contributed by atoms with Gasteiger partial charge in [-0.2, -0.15) is 4.58 Å². The maximum Gasteiger partial charge on any atom is 0.325 e. The van der Waals surface area contributed by atoms with E-state index in [0.717, 1.165) is 30.0 Å². The predicted octanol–water partition coefficient (Wildman–Crippen LogP) is 3.88. The molecule has 1 aromatic rings. The highest BCUT2D eigenvalue weighted by molar-refractivity contribution is 6.17. The Labute approximate surface area is 178 Å². The van der Waals surface area contributed by atoms with Gasteiger partial charge < -0.3 is 5.32 Å². The first-order chi connectivity index (χ1) is 14.3. The number of rotatable bonds is 5. The van der Waals surface area contributed by atoms with Crippen LogP contribution in [0.4, 0.5) is 0 Å². The molecule has 0 bridgehead atoms. The third-order valence-electron chi connectivity index (χ3n) is 5.86. The SMILES string of the molecule is CCC(=O)NC1=CC2C(=O)[N+](Cc3ccc(C(C)(C)C)cc3)=C(C3CC3)N=C2C=C1. The van der Waals surface area contributed by atoms with Crippen molar-refractivity contribution in [3.8, 4) is 0 Å². The lowest BCUT2D eigenvalue weighted by Gasteiger charge is -2.21. The molecular formula is C25H30N3O2+. The van der Waals surface area contributed by atoms with Crippen LogP contribution in [0.5, 0.6) is 0 Å². The van der Waals surface area contributed by atoms with Crippen molar-refractivity contribution >= 4 is 23.4 Å². The molecule has 2 amide bonds. The minimum atomic E-state index is -0.446. The Bertz CT molecular complexity index is 1000. The third kappa shape index (κ3) is 4.20. The van der Waals surface area contributed by atoms with Gasteiger partial charge in [-0.05, 0) is 52.6 Å². The molecule has 1 heterocycles. The summed E-state index contributed by atoms with van der Waals surface area (Å²) in [4.78, 5) is 30.1. The van der Waals surface area contributed by atoms with Crippen LogP contribution in [0.1, 0.15) is 58.1 Å². The Morgan fingerprint density at radius 1 is 1.17 bits per heavy atom. The summed E-state index contributed by atoms with van der Waals surface area (Å²) >= 11 is 0. The van der Waals surface area contributed by atoms with Gasteiger partial charge in [0.25, 0.3) is 0 Å². The molecule has 1 saturated carbocycles. The second-order valence-electron chi connectivity index (χ2n) is 9.38. The second kappa shape index (κ2) is 7.78. The maximum atomic E-state index is 13.5. The van der Waals surface area contributed by atoms with Crippen LogP contribution >= 0.6 is 0 Å². The molecule has 1 aromatic carbocycles. The van der Waals surface area contributed by atoms with E-state index in [-0.39, 0.29) is 17.2 Å². The normalized spacial score (nSPS) is 21.2. The highest BCUT2D eigenvalue weighted by Crippen LogP contribution is 2.34. The molecule has 1 aliphatic heterocycles. The number of aliphatic imine (C=N–C) groups is 1. The number of allylic oxidation sites excluding steroid dienone is 2. The number of carbonyl (C=O) groups is 2. The van der Waals surface area contributed by atoms with Crippen LogP contribution in [0, 0.1) is 11.8 Å². The summed E-state index contributed by atoms with van der Waals surface area (Å²) in [5.41, 5.74) is 3.92. The zero-order valence-electron chi connectivity index (χ0n) is 18.2. The molecule has 156 valence electrons. The topological polar surface area (TPSA) is 61.5 Å². The van der Waals surface area contributed by atoms with Crippen LogP contribution in [-0.4, -0.2) is 27.9 Å². The van der Waals surface area contributed by atoms with E-state index in [9.17, 15) is 9.59 Å². The number of carbonyl (C=O) groups excluding carboxylic acids is 2. The summed E-state index contributed by atoms with van der Waals surface area (Å²) in [5, 5.41) is 2.86. The van der Waals surface area contributed by atoms with E-state index >= 15 is 0 Å². The van der Waals surface area contributed by atoms with E-state index in [1.165, 1.54) is 5.56 Å². The lowest BCUT2D eigenvalue weighted by Crippen LogP contribution is -2.41. The summed E-state index contributed by atoms with van der Waals surface area (Å²) in [7, 11) is 0. The van der Waals surface area contributed by atoms with E-state index in [2.05, 4.69) is 50.4 Å². The molecule has 0 radical (unpaired) electrons. The summed E-state index contributed by atoms with van der Waals surface area (Å²) in [5.74, 6) is 0.795. The van der Waals surface area contributed by atoms with Crippen LogP contribution in [0.15, 0.2) is 53.2 Å². The Morgan fingerprint density at radius 2 is 1.87 bits per heavy atom. The average Bonchev–Trinajstić information content (AvgIpc) is 3.55. The van der Waals surface area contributed by atoms with E-state index in [0.29, 0.717) is 24.6 Å². The van der Waals surface area contributed by atoms with Gasteiger partial charge in [0.15, 0.2) is 5.71 Å². The highest BCUT2D eigenvalue weighted by Gasteiger charge is 2.45. The first-order valence-corrected chi connectivity index (χ1v) is 10.8. The smallest absolute Gasteiger partial charge is 0.325 e. The van der Waals surface area contributed by atoms with Crippen molar-refractivity contribution in [2.75, 3.05) is 0 Å². The van der Waals surface area contributed by atoms with E-state index < -0.39 is 5.92 Å². The minimum Gasteiger partial charge on any atom is -0.326 e. The largest absolute Gasteiger partial charge is 0.326 e. The van der Waals surface area contributed by atoms with Crippen LogP contribution < -0.4 is 5.32 Å². The standard InChI is InChI=1S/C25H29N3O2/c1-5-22(29)26-19-12-13-21-20(14-19)24(30)28(23(27-21)17-8-9-17)15-16-6-10-18(11-7-16)25(2,3)4/h6-7,10-14,17,20H,5,8-9,15H2,1-4H3/p+1. The monoisotopic (exact) mass is 404 g/mol. The maximum absolute atomic E-state index is 13.5. The van der Waals surface area contributed by atoms with E-state index in [1.54, 1.807) is 0 Å². The fraction of sp³-hybridized carbons (Fsp3) is 0.440. The van der Waals surface area contributed by atoms with Crippen molar-refractivity contribution in [2.45, 2.75) is 58.9 Å². The van der Waals surface area contributed by atoms with Crippen LogP contribution in [-0.2, 0) is 21.5 Å². The van der Waals surface area contributed by atoms with Gasteiger partial charge in [-0.1, -0.05) is 52.0 Å². The predicted molar refractivity (Wildman–Crippen MR) is 118 cm³/mol. The average molecular weight is 405 g/mol. The number of benzene rings is 1. The fourth-order valence-electron chi connectivity index (χ4n) is 3.81. The Balaban J connectivity index is 1.63. The van der Waals surface area contributed by atoms with Gasteiger partial charge in [0.1, 0.15) is 12.5 Å². The van der Waals surface area contributed by atoms with Crippen LogP contribution in [0.2, 0.25) is 0 Å². The number of nitrogens with zero attached hydrogens (tertiary/aromatic N) is 2. The molecule has 1 unspecified atom stereocenters. The summed E-state index contributed by atoms with van der Waals surface area (Å²) < 4.78 is 1.85. The molecule has 5 nitrogen and oxygen atoms in total. The van der Waals surface area contributed by atoms with Crippen molar-refractivity contribution in [1.82, 2.24) is 5.32 Å². The number of amidine groups is 1. The third-order valence-corrected chi connectivity index (χ3v) is 5.86. The van der Waals surface area contributed by atoms with E-state index in [1.807, 2.05) is 29.7 Å². The van der Waals surface area contributed by atoms with Gasteiger partial charge in [-0.15, -0.1) is 0 Å². The molecule has 4 rings (SSSR count). The van der Waals surface area contributed by atoms with Crippen LogP contribution in [0.3, 0.4) is 0 Å². The lowest BCUT2D eigenvalue weighted by molar-refractivity contribution is -0.469. The van der Waals surface area contributed by atoms with Crippen molar-refractivity contribution in [3.05, 3.63) is 59.3 Å². The second-order valence-corrected chi connectivity index (χ2v) is 9.38. The molecule has 0 spiro atoms. The first kappa shape index (κ1) is 20.5. The molecular weight excluding hydrogens is 374 g/mol. The number of amides is 2. The Morgan fingerprint density at radius 3 is 2.47 bits per heavy atom. The van der Waals surface area contributed by atoms with Crippen molar-refractivity contribution in [2.24, 2.45) is 16.8 Å². The Kier molecular flexibility index (Phi) is 5.31. The van der Waals surface area contributed by atoms with Gasteiger partial charge in [0.05, 0.1) is 5.92 Å². The van der Waals surface area contributed by atoms with Gasteiger partial charge >= 0.3 is 11.7 Å². The molecule has 1 N–H and O–H groups in total. The van der Waals surface area contributed by atoms with E-state index in [4.69, 9.17) is 4.99 Å². The molecule has 1 fully saturated rings. The van der Waals surface area contributed by atoms with Gasteiger partial charge in [-0.3, -0.25) is 4.79 Å². The molecule has 3 aliphatic rings. The summed E-state index contributed by atoms with van der Waals surface area (Å²) in [6.45, 7) is 8.93. The molecule has 5 heteroatoms. The molecule has 0 aromatic heterocycles.